The van der Waals surface area contributed by atoms with Crippen molar-refractivity contribution in [2.45, 2.75) is 91.8 Å². The normalized spacial score (nSPS) is 22.4. The molecule has 2 aromatic rings. The van der Waals surface area contributed by atoms with Crippen molar-refractivity contribution >= 4 is 47.2 Å². The Morgan fingerprint density at radius 1 is 1.00 bits per heavy atom. The quantitative estimate of drug-likeness (QED) is 0.0682. The number of hydrogen-bond donors (Lipinski definition) is 2. The fourth-order valence-corrected chi connectivity index (χ4v) is 13.7. The summed E-state index contributed by atoms with van der Waals surface area (Å²) in [6.07, 6.45) is -7.70. The van der Waals surface area contributed by atoms with Gasteiger partial charge in [0.15, 0.2) is 0 Å². The number of unbranched alkanes of at least 4 members (excludes halogenated alkanes) is 2. The molecule has 2 atom stereocenters. The molecule has 1 aliphatic carbocycles. The van der Waals surface area contributed by atoms with Gasteiger partial charge in [-0.05, 0) is 19.3 Å². The van der Waals surface area contributed by atoms with E-state index in [0.717, 1.165) is 33.0 Å². The van der Waals surface area contributed by atoms with Crippen LogP contribution in [0.3, 0.4) is 0 Å². The second-order valence-corrected chi connectivity index (χ2v) is 20.4. The summed E-state index contributed by atoms with van der Waals surface area (Å²) in [7, 11) is -4.11. The number of nitrogens with one attached hydrogen (secondary N) is 2. The molecular weight excluding hydrogens is 777 g/mol. The first-order chi connectivity index (χ1) is 22.5. The molecule has 1 unspecified atom stereocenters. The van der Waals surface area contributed by atoms with E-state index in [2.05, 4.69) is 6.92 Å². The summed E-state index contributed by atoms with van der Waals surface area (Å²) in [5.41, 5.74) is -4.01. The molecule has 7 nitrogen and oxygen atoms in total. The number of halogens is 7. The third kappa shape index (κ3) is 8.48. The van der Waals surface area contributed by atoms with Crippen LogP contribution >= 0.6 is 19.8 Å². The van der Waals surface area contributed by atoms with Gasteiger partial charge in [-0.3, -0.25) is 0 Å². The van der Waals surface area contributed by atoms with Gasteiger partial charge in [-0.1, -0.05) is 0 Å². The Hall–Kier alpha value is -2.82. The molecule has 48 heavy (non-hydrogen) atoms. The minimum atomic E-state index is -5.05. The Labute approximate surface area is 282 Å². The molecule has 2 aromatic carbocycles. The van der Waals surface area contributed by atoms with Crippen LogP contribution in [0.15, 0.2) is 54.1 Å². The van der Waals surface area contributed by atoms with Crippen molar-refractivity contribution in [3.63, 3.8) is 0 Å². The molecule has 0 spiro atoms. The van der Waals surface area contributed by atoms with Gasteiger partial charge in [-0.25, -0.2) is 0 Å². The second-order valence-electron chi connectivity index (χ2n) is 12.3. The maximum absolute atomic E-state index is 15.1. The van der Waals surface area contributed by atoms with E-state index in [9.17, 15) is 31.2 Å². The summed E-state index contributed by atoms with van der Waals surface area (Å²) < 4.78 is 118. The van der Waals surface area contributed by atoms with Crippen molar-refractivity contribution in [1.29, 1.82) is 0 Å². The van der Waals surface area contributed by atoms with Gasteiger partial charge in [0.2, 0.25) is 0 Å². The molecule has 1 saturated carbocycles. The van der Waals surface area contributed by atoms with E-state index < -0.39 is 83.2 Å². The van der Waals surface area contributed by atoms with Crippen LogP contribution in [-0.2, 0) is 25.2 Å². The molecule has 0 aromatic heterocycles. The molecule has 3 aliphatic rings. The molecule has 15 heteroatoms. The van der Waals surface area contributed by atoms with E-state index in [1.807, 2.05) is 22.2 Å². The fraction of sp³-hybridized carbons (Fsp3) is 0.515. The molecule has 1 saturated heterocycles. The van der Waals surface area contributed by atoms with Crippen molar-refractivity contribution in [3.05, 3.63) is 68.8 Å². The van der Waals surface area contributed by atoms with Crippen LogP contribution in [-0.4, -0.2) is 52.8 Å². The van der Waals surface area contributed by atoms with Crippen molar-refractivity contribution in [2.75, 3.05) is 11.0 Å². The molecule has 5 rings (SSSR count). The predicted molar refractivity (Wildman–Crippen MR) is 177 cm³/mol. The molecule has 0 bridgehead atoms. The molecule has 2 heterocycles. The summed E-state index contributed by atoms with van der Waals surface area (Å²) in [6, 6.07) is 11.7. The van der Waals surface area contributed by atoms with Gasteiger partial charge in [0.05, 0.1) is 6.61 Å². The Balaban J connectivity index is 1.43. The zero-order valence-corrected chi connectivity index (χ0v) is 29.1. The number of ether oxygens (including phenoxy) is 1. The van der Waals surface area contributed by atoms with Crippen LogP contribution in [0.4, 0.5) is 26.3 Å². The molecule has 2 fully saturated rings. The van der Waals surface area contributed by atoms with Crippen LogP contribution in [0.5, 0.6) is 5.75 Å². The zero-order valence-electron chi connectivity index (χ0n) is 26.1. The van der Waals surface area contributed by atoms with Gasteiger partial charge >= 0.3 is 238 Å². The van der Waals surface area contributed by atoms with Crippen molar-refractivity contribution < 1.29 is 49.1 Å². The van der Waals surface area contributed by atoms with E-state index in [1.165, 1.54) is 12.1 Å². The molecule has 264 valence electrons. The summed E-state index contributed by atoms with van der Waals surface area (Å²) in [5.74, 6) is -2.45. The average molecular weight is 815 g/mol. The van der Waals surface area contributed by atoms with Crippen LogP contribution in [0.2, 0.25) is 0 Å². The van der Waals surface area contributed by atoms with Crippen LogP contribution in [0, 0.1) is 3.57 Å². The molecule has 2 aliphatic heterocycles. The average Bonchev–Trinajstić information content (AvgIpc) is 3.93. The van der Waals surface area contributed by atoms with Gasteiger partial charge in [-0.15, -0.1) is 0 Å². The van der Waals surface area contributed by atoms with Crippen LogP contribution in [0.1, 0.15) is 75.8 Å². The number of benzene rings is 2. The van der Waals surface area contributed by atoms with E-state index >= 15 is 13.2 Å². The van der Waals surface area contributed by atoms with Gasteiger partial charge in [0.25, 0.3) is 0 Å². The van der Waals surface area contributed by atoms with Gasteiger partial charge in [0, 0.05) is 6.42 Å². The second kappa shape index (κ2) is 14.2. The summed E-state index contributed by atoms with van der Waals surface area (Å²) in [6.45, 7) is 2.18. The Morgan fingerprint density at radius 2 is 1.67 bits per heavy atom. The maximum atomic E-state index is 15.1. The number of sulfonamides is 1. The minimum absolute atomic E-state index is 0.0622. The number of rotatable bonds is 14. The number of hydrogen-bond acceptors (Lipinski definition) is 5. The standard InChI is InChI=1S/C33H37F6IN2O5S/c1-2-6-24-20-40(24)23-11-7-21(8-12-23)27-19-31(33(37,38)39,41-29(43)28(27)30(44)42-48(45,46)26-15-16-26)22-9-13-25(14-10-22)47-18-5-3-4-17-32(34,35)36/h7-14,24,26H,2-6,15-20H2,1H3,(H,41,43)(H,42,44)/t24?,31-/m0/s1. The summed E-state index contributed by atoms with van der Waals surface area (Å²) in [4.78, 5) is 26.9. The first kappa shape index (κ1) is 36.5. The number of alkyl halides is 8. The van der Waals surface area contributed by atoms with Crippen LogP contribution < -0.4 is 14.8 Å². The Kier molecular flexibility index (Phi) is 10.8. The number of amides is 2. The first-order valence-corrected chi connectivity index (χ1v) is 21.2. The van der Waals surface area contributed by atoms with Gasteiger partial charge in [0.1, 0.15) is 0 Å². The fourth-order valence-electron chi connectivity index (χ4n) is 5.81. The SMILES string of the molecule is CCCC1CI1c1ccc(C2=C(C(=O)NS(=O)(=O)C3CC3)C(=O)N[C@@](c3ccc(OCCCCCC(F)(F)F)cc3)(C(F)(F)F)C2)cc1. The van der Waals surface area contributed by atoms with Crippen molar-refractivity contribution in [1.82, 2.24) is 10.0 Å². The van der Waals surface area contributed by atoms with Crippen LogP contribution in [0.25, 0.3) is 5.57 Å². The topological polar surface area (TPSA) is 102 Å². The Bertz CT molecular complexity index is 1640. The van der Waals surface area contributed by atoms with Gasteiger partial charge in [-0.2, -0.15) is 13.2 Å². The summed E-state index contributed by atoms with van der Waals surface area (Å²) in [5, 5.41) is 1.20. The van der Waals surface area contributed by atoms with Gasteiger partial charge < -0.3 is 0 Å². The number of carbonyl (C=O) groups is 2. The first-order valence-electron chi connectivity index (χ1n) is 15.8. The monoisotopic (exact) mass is 814 g/mol. The number of carbonyl (C=O) groups excluding carboxylic acids is 2. The summed E-state index contributed by atoms with van der Waals surface area (Å²) >= 11 is -1.37. The van der Waals surface area contributed by atoms with E-state index in [1.54, 1.807) is 12.1 Å². The third-order valence-electron chi connectivity index (χ3n) is 8.61. The van der Waals surface area contributed by atoms with E-state index in [4.69, 9.17) is 4.74 Å². The molecular formula is C33H37F6IN2O5S. The molecule has 0 radical (unpaired) electrons. The predicted octanol–water partition coefficient (Wildman–Crippen LogP) is 7.39. The third-order valence-corrected chi connectivity index (χ3v) is 16.8. The van der Waals surface area contributed by atoms with Crippen molar-refractivity contribution in [3.8, 4) is 5.75 Å². The molecule has 2 amide bonds. The van der Waals surface area contributed by atoms with E-state index in [0.29, 0.717) is 23.2 Å². The van der Waals surface area contributed by atoms with Crippen molar-refractivity contribution in [2.24, 2.45) is 0 Å². The Morgan fingerprint density at radius 3 is 2.25 bits per heavy atom. The zero-order chi connectivity index (χ0) is 34.9. The van der Waals surface area contributed by atoms with E-state index in [-0.39, 0.29) is 41.9 Å². The molecule has 2 N–H and O–H groups in total.